The van der Waals surface area contributed by atoms with E-state index >= 15 is 0 Å². The summed E-state index contributed by atoms with van der Waals surface area (Å²) < 4.78 is 0. The highest BCUT2D eigenvalue weighted by Crippen LogP contribution is 2.23. The average Bonchev–Trinajstić information content (AvgIpc) is 2.38. The molecule has 0 aliphatic heterocycles. The summed E-state index contributed by atoms with van der Waals surface area (Å²) >= 11 is 4.59. The van der Waals surface area contributed by atoms with E-state index < -0.39 is 0 Å². The zero-order valence-corrected chi connectivity index (χ0v) is 9.58. The Bertz CT molecular complexity index is 513. The maximum Gasteiger partial charge on any atom is 0.0749 e. The summed E-state index contributed by atoms with van der Waals surface area (Å²) in [6, 6.07) is 18.5. The maximum absolute atomic E-state index is 4.59. The molecule has 0 saturated heterocycles. The molecule has 1 nitrogen and oxygen atoms in total. The number of hydrogen-bond donors (Lipinski definition) is 0. The second-order valence-electron chi connectivity index (χ2n) is 3.43. The molecule has 0 amide bonds. The van der Waals surface area contributed by atoms with Crippen molar-refractivity contribution in [3.63, 3.8) is 0 Å². The minimum absolute atomic E-state index is 0.592. The van der Waals surface area contributed by atoms with Crippen molar-refractivity contribution in [2.75, 3.05) is 0 Å². The van der Waals surface area contributed by atoms with Gasteiger partial charge in [-0.25, -0.2) is 4.99 Å². The van der Waals surface area contributed by atoms with Crippen molar-refractivity contribution >= 4 is 17.4 Å². The zero-order valence-electron chi connectivity index (χ0n) is 8.76. The quantitative estimate of drug-likeness (QED) is 0.569. The topological polar surface area (TPSA) is 12.4 Å². The van der Waals surface area contributed by atoms with Gasteiger partial charge in [-0.1, -0.05) is 54.6 Å². The molecule has 0 radical (unpaired) electrons. The van der Waals surface area contributed by atoms with Gasteiger partial charge in [0.25, 0.3) is 0 Å². The van der Waals surface area contributed by atoms with Crippen LogP contribution in [0.3, 0.4) is 0 Å². The lowest BCUT2D eigenvalue weighted by Gasteiger charge is -2.06. The Balaban J connectivity index is 2.44. The molecule has 0 spiro atoms. The minimum Gasteiger partial charge on any atom is -0.228 e. The standard InChI is InChI=1S/C14H11NS/c16-11-15-10-13-8-4-5-9-14(13)12-6-2-1-3-7-12/h1-9H,10H2. The number of rotatable bonds is 3. The van der Waals surface area contributed by atoms with Gasteiger partial charge in [0, 0.05) is 0 Å². The van der Waals surface area contributed by atoms with Crippen LogP contribution in [0.2, 0.25) is 0 Å². The molecule has 0 saturated carbocycles. The van der Waals surface area contributed by atoms with Crippen molar-refractivity contribution in [1.82, 2.24) is 0 Å². The maximum atomic E-state index is 4.59. The molecule has 0 heterocycles. The van der Waals surface area contributed by atoms with E-state index in [2.05, 4.69) is 46.6 Å². The Labute approximate surface area is 100 Å². The second kappa shape index (κ2) is 5.36. The van der Waals surface area contributed by atoms with Gasteiger partial charge in [0.15, 0.2) is 0 Å². The van der Waals surface area contributed by atoms with Gasteiger partial charge < -0.3 is 0 Å². The molecule has 16 heavy (non-hydrogen) atoms. The van der Waals surface area contributed by atoms with Crippen LogP contribution in [0.15, 0.2) is 59.6 Å². The Morgan fingerprint density at radius 2 is 1.62 bits per heavy atom. The van der Waals surface area contributed by atoms with Gasteiger partial charge in [-0.2, -0.15) is 0 Å². The highest BCUT2D eigenvalue weighted by atomic mass is 32.1. The van der Waals surface area contributed by atoms with Gasteiger partial charge in [0.2, 0.25) is 0 Å². The largest absolute Gasteiger partial charge is 0.228 e. The number of benzene rings is 2. The van der Waals surface area contributed by atoms with E-state index in [1.54, 1.807) is 0 Å². The predicted molar refractivity (Wildman–Crippen MR) is 70.6 cm³/mol. The van der Waals surface area contributed by atoms with Crippen LogP contribution in [0.4, 0.5) is 0 Å². The van der Waals surface area contributed by atoms with Gasteiger partial charge in [0.05, 0.1) is 11.7 Å². The molecule has 0 fully saturated rings. The van der Waals surface area contributed by atoms with E-state index in [0.717, 1.165) is 0 Å². The Hall–Kier alpha value is -1.76. The zero-order chi connectivity index (χ0) is 11.2. The lowest BCUT2D eigenvalue weighted by atomic mass is 10.00. The van der Waals surface area contributed by atoms with Gasteiger partial charge in [-0.05, 0) is 28.9 Å². The minimum atomic E-state index is 0.592. The predicted octanol–water partition coefficient (Wildman–Crippen LogP) is 3.96. The smallest absolute Gasteiger partial charge is 0.0749 e. The van der Waals surface area contributed by atoms with Gasteiger partial charge in [-0.3, -0.25) is 0 Å². The fourth-order valence-corrected chi connectivity index (χ4v) is 1.74. The number of isothiocyanates is 1. The lowest BCUT2D eigenvalue weighted by Crippen LogP contribution is -1.87. The summed E-state index contributed by atoms with van der Waals surface area (Å²) in [5.41, 5.74) is 3.58. The third-order valence-electron chi connectivity index (χ3n) is 2.42. The number of aliphatic imine (C=N–C) groups is 1. The van der Waals surface area contributed by atoms with Crippen LogP contribution in [0.5, 0.6) is 0 Å². The SMILES string of the molecule is S=C=NCc1ccccc1-c1ccccc1. The summed E-state index contributed by atoms with van der Waals surface area (Å²) in [7, 11) is 0. The van der Waals surface area contributed by atoms with Crippen LogP contribution in [0, 0.1) is 0 Å². The first kappa shape index (κ1) is 10.7. The molecule has 0 aromatic heterocycles. The summed E-state index contributed by atoms with van der Waals surface area (Å²) in [6.07, 6.45) is 0. The van der Waals surface area contributed by atoms with Crippen LogP contribution in [-0.2, 0) is 6.54 Å². The first-order valence-corrected chi connectivity index (χ1v) is 5.49. The van der Waals surface area contributed by atoms with Crippen LogP contribution < -0.4 is 0 Å². The molecule has 2 rings (SSSR count). The van der Waals surface area contributed by atoms with Crippen LogP contribution in [0.25, 0.3) is 11.1 Å². The Kier molecular flexibility index (Phi) is 3.60. The van der Waals surface area contributed by atoms with E-state index in [4.69, 9.17) is 0 Å². The third kappa shape index (κ3) is 2.43. The van der Waals surface area contributed by atoms with Crippen molar-refractivity contribution in [2.24, 2.45) is 4.99 Å². The number of thiocarbonyl (C=S) groups is 1. The highest BCUT2D eigenvalue weighted by molar-refractivity contribution is 7.78. The lowest BCUT2D eigenvalue weighted by molar-refractivity contribution is 1.09. The van der Waals surface area contributed by atoms with E-state index in [0.29, 0.717) is 6.54 Å². The van der Waals surface area contributed by atoms with E-state index in [1.807, 2.05) is 30.3 Å². The summed E-state index contributed by atoms with van der Waals surface area (Å²) in [5, 5.41) is 2.40. The Morgan fingerprint density at radius 3 is 2.38 bits per heavy atom. The fourth-order valence-electron chi connectivity index (χ4n) is 1.67. The van der Waals surface area contributed by atoms with E-state index in [9.17, 15) is 0 Å². The normalized spacial score (nSPS) is 9.50. The van der Waals surface area contributed by atoms with Crippen LogP contribution in [0.1, 0.15) is 5.56 Å². The van der Waals surface area contributed by atoms with Gasteiger partial charge in [0.1, 0.15) is 0 Å². The molecular weight excluding hydrogens is 214 g/mol. The van der Waals surface area contributed by atoms with Crippen LogP contribution in [-0.4, -0.2) is 5.16 Å². The molecule has 78 valence electrons. The van der Waals surface area contributed by atoms with Crippen molar-refractivity contribution in [3.05, 3.63) is 60.2 Å². The second-order valence-corrected chi connectivity index (χ2v) is 3.61. The molecule has 2 aromatic rings. The molecular formula is C14H11NS. The fraction of sp³-hybridized carbons (Fsp3) is 0.0714. The molecule has 0 unspecified atom stereocenters. The third-order valence-corrected chi connectivity index (χ3v) is 2.55. The molecule has 0 atom stereocenters. The van der Waals surface area contributed by atoms with E-state index in [-0.39, 0.29) is 0 Å². The molecule has 0 N–H and O–H groups in total. The van der Waals surface area contributed by atoms with E-state index in [1.165, 1.54) is 16.7 Å². The Morgan fingerprint density at radius 1 is 0.938 bits per heavy atom. The molecule has 0 aliphatic rings. The van der Waals surface area contributed by atoms with Crippen molar-refractivity contribution in [1.29, 1.82) is 0 Å². The monoisotopic (exact) mass is 225 g/mol. The molecule has 0 bridgehead atoms. The first-order chi connectivity index (χ1) is 7.92. The molecule has 2 aromatic carbocycles. The molecule has 0 aliphatic carbocycles. The van der Waals surface area contributed by atoms with Gasteiger partial charge in [-0.15, -0.1) is 0 Å². The highest BCUT2D eigenvalue weighted by Gasteiger charge is 2.02. The first-order valence-electron chi connectivity index (χ1n) is 5.09. The van der Waals surface area contributed by atoms with Gasteiger partial charge >= 0.3 is 0 Å². The average molecular weight is 225 g/mol. The summed E-state index contributed by atoms with van der Waals surface area (Å²) in [6.45, 7) is 0.592. The van der Waals surface area contributed by atoms with Crippen molar-refractivity contribution in [3.8, 4) is 11.1 Å². The van der Waals surface area contributed by atoms with Crippen LogP contribution >= 0.6 is 12.2 Å². The molecule has 2 heteroatoms. The summed E-state index contributed by atoms with van der Waals surface area (Å²) in [5.74, 6) is 0. The number of hydrogen-bond acceptors (Lipinski definition) is 2. The van der Waals surface area contributed by atoms with Crippen molar-refractivity contribution in [2.45, 2.75) is 6.54 Å². The summed E-state index contributed by atoms with van der Waals surface area (Å²) in [4.78, 5) is 3.99. The number of nitrogens with zero attached hydrogens (tertiary/aromatic N) is 1. The van der Waals surface area contributed by atoms with Crippen molar-refractivity contribution < 1.29 is 0 Å².